The van der Waals surface area contributed by atoms with Gasteiger partial charge in [-0.2, -0.15) is 0 Å². The number of aromatic nitrogens is 2. The molecule has 0 spiro atoms. The van der Waals surface area contributed by atoms with E-state index >= 15 is 0 Å². The minimum atomic E-state index is -0.251. The molecule has 1 fully saturated rings. The maximum absolute atomic E-state index is 12.2. The van der Waals surface area contributed by atoms with Crippen molar-refractivity contribution < 1.29 is 9.59 Å². The van der Waals surface area contributed by atoms with Crippen LogP contribution in [0.1, 0.15) is 16.9 Å². The minimum absolute atomic E-state index is 0.0503. The lowest BCUT2D eigenvalue weighted by Crippen LogP contribution is -2.38. The molecule has 0 bridgehead atoms. The van der Waals surface area contributed by atoms with Crippen LogP contribution in [0.25, 0.3) is 0 Å². The average Bonchev–Trinajstić information content (AvgIpc) is 2.60. The van der Waals surface area contributed by atoms with Gasteiger partial charge >= 0.3 is 0 Å². The molecule has 1 aromatic rings. The lowest BCUT2D eigenvalue weighted by molar-refractivity contribution is -0.129. The number of nitrogens with zero attached hydrogens (tertiary/aromatic N) is 4. The number of anilines is 1. The Kier molecular flexibility index (Phi) is 3.94. The fourth-order valence-corrected chi connectivity index (χ4v) is 1.90. The molecule has 1 aliphatic rings. The highest BCUT2D eigenvalue weighted by Gasteiger charge is 2.24. The number of amides is 2. The standard InChI is InChI=1S/C12H17N5O2/c1-13-10-5-4-9(14-15-10)12(19)17-7-3-6-16(2)11(18)8-17/h4-5H,3,6-8H2,1-2H3,(H,13,15). The van der Waals surface area contributed by atoms with E-state index in [-0.39, 0.29) is 24.1 Å². The molecule has 0 aliphatic carbocycles. The predicted molar refractivity (Wildman–Crippen MR) is 69.7 cm³/mol. The Labute approximate surface area is 111 Å². The highest BCUT2D eigenvalue weighted by Crippen LogP contribution is 2.08. The first-order valence-corrected chi connectivity index (χ1v) is 6.16. The molecule has 1 aromatic heterocycles. The van der Waals surface area contributed by atoms with Crippen LogP contribution in [0.5, 0.6) is 0 Å². The van der Waals surface area contributed by atoms with Gasteiger partial charge < -0.3 is 15.1 Å². The molecule has 0 aromatic carbocycles. The van der Waals surface area contributed by atoms with E-state index in [4.69, 9.17) is 0 Å². The molecule has 1 N–H and O–H groups in total. The van der Waals surface area contributed by atoms with Crippen LogP contribution in [0.4, 0.5) is 5.82 Å². The van der Waals surface area contributed by atoms with Gasteiger partial charge in [0.1, 0.15) is 12.4 Å². The van der Waals surface area contributed by atoms with Crippen molar-refractivity contribution in [1.82, 2.24) is 20.0 Å². The topological polar surface area (TPSA) is 78.4 Å². The minimum Gasteiger partial charge on any atom is -0.372 e. The van der Waals surface area contributed by atoms with Gasteiger partial charge in [-0.15, -0.1) is 10.2 Å². The number of carbonyl (C=O) groups is 2. The first-order chi connectivity index (χ1) is 9.11. The summed E-state index contributed by atoms with van der Waals surface area (Å²) < 4.78 is 0. The molecule has 2 amide bonds. The van der Waals surface area contributed by atoms with E-state index in [0.717, 1.165) is 6.42 Å². The first-order valence-electron chi connectivity index (χ1n) is 6.16. The molecule has 7 heteroatoms. The zero-order chi connectivity index (χ0) is 13.8. The quantitative estimate of drug-likeness (QED) is 0.801. The number of hydrogen-bond donors (Lipinski definition) is 1. The van der Waals surface area contributed by atoms with Crippen LogP contribution in [-0.4, -0.2) is 65.5 Å². The third kappa shape index (κ3) is 2.98. The number of nitrogens with one attached hydrogen (secondary N) is 1. The van der Waals surface area contributed by atoms with Gasteiger partial charge in [0, 0.05) is 27.2 Å². The van der Waals surface area contributed by atoms with Crippen LogP contribution >= 0.6 is 0 Å². The molecule has 2 heterocycles. The van der Waals surface area contributed by atoms with Gasteiger partial charge in [0.25, 0.3) is 5.91 Å². The van der Waals surface area contributed by atoms with Crippen molar-refractivity contribution in [3.05, 3.63) is 17.8 Å². The van der Waals surface area contributed by atoms with Gasteiger partial charge in [-0.1, -0.05) is 0 Å². The smallest absolute Gasteiger partial charge is 0.274 e. The van der Waals surface area contributed by atoms with Gasteiger partial charge in [0.2, 0.25) is 5.91 Å². The second-order valence-corrected chi connectivity index (χ2v) is 4.45. The Morgan fingerprint density at radius 2 is 2.11 bits per heavy atom. The Bertz CT molecular complexity index is 474. The molecule has 1 aliphatic heterocycles. The van der Waals surface area contributed by atoms with Crippen LogP contribution in [0.2, 0.25) is 0 Å². The summed E-state index contributed by atoms with van der Waals surface area (Å²) in [7, 11) is 3.48. The Hall–Kier alpha value is -2.18. The summed E-state index contributed by atoms with van der Waals surface area (Å²) in [5.74, 6) is 0.299. The highest BCUT2D eigenvalue weighted by molar-refractivity contribution is 5.95. The normalized spacial score (nSPS) is 16.2. The number of rotatable bonds is 2. The van der Waals surface area contributed by atoms with Gasteiger partial charge in [0.05, 0.1) is 0 Å². The van der Waals surface area contributed by atoms with E-state index in [1.807, 2.05) is 0 Å². The van der Waals surface area contributed by atoms with E-state index in [1.165, 1.54) is 4.90 Å². The SMILES string of the molecule is CNc1ccc(C(=O)N2CCCN(C)C(=O)C2)nn1. The summed E-state index contributed by atoms with van der Waals surface area (Å²) in [6.07, 6.45) is 0.774. The van der Waals surface area contributed by atoms with Crippen molar-refractivity contribution in [2.24, 2.45) is 0 Å². The fourth-order valence-electron chi connectivity index (χ4n) is 1.90. The summed E-state index contributed by atoms with van der Waals surface area (Å²) in [4.78, 5) is 27.1. The molecule has 0 unspecified atom stereocenters. The molecule has 102 valence electrons. The number of hydrogen-bond acceptors (Lipinski definition) is 5. The lowest BCUT2D eigenvalue weighted by Gasteiger charge is -2.19. The summed E-state index contributed by atoms with van der Waals surface area (Å²) in [6, 6.07) is 3.30. The van der Waals surface area contributed by atoms with Gasteiger partial charge in [-0.3, -0.25) is 9.59 Å². The van der Waals surface area contributed by atoms with Crippen LogP contribution < -0.4 is 5.32 Å². The molecular weight excluding hydrogens is 246 g/mol. The molecule has 1 saturated heterocycles. The number of carbonyl (C=O) groups excluding carboxylic acids is 2. The Morgan fingerprint density at radius 1 is 1.32 bits per heavy atom. The van der Waals surface area contributed by atoms with Crippen molar-refractivity contribution in [3.63, 3.8) is 0 Å². The first kappa shape index (κ1) is 13.3. The van der Waals surface area contributed by atoms with Gasteiger partial charge in [0.15, 0.2) is 5.69 Å². The van der Waals surface area contributed by atoms with Crippen LogP contribution in [-0.2, 0) is 4.79 Å². The molecule has 2 rings (SSSR count). The van der Waals surface area contributed by atoms with Crippen molar-refractivity contribution >= 4 is 17.6 Å². The fraction of sp³-hybridized carbons (Fsp3) is 0.500. The molecule has 0 saturated carbocycles. The second kappa shape index (κ2) is 5.64. The van der Waals surface area contributed by atoms with Crippen molar-refractivity contribution in [2.45, 2.75) is 6.42 Å². The van der Waals surface area contributed by atoms with Crippen LogP contribution in [0, 0.1) is 0 Å². The van der Waals surface area contributed by atoms with E-state index in [1.54, 1.807) is 31.1 Å². The number of likely N-dealkylation sites (N-methyl/N-ethyl adjacent to an activating group) is 1. The maximum Gasteiger partial charge on any atom is 0.274 e. The van der Waals surface area contributed by atoms with E-state index in [0.29, 0.717) is 18.9 Å². The van der Waals surface area contributed by atoms with E-state index in [9.17, 15) is 9.59 Å². The summed E-state index contributed by atoms with van der Waals surface area (Å²) >= 11 is 0. The van der Waals surface area contributed by atoms with Crippen molar-refractivity contribution in [1.29, 1.82) is 0 Å². The third-order valence-electron chi connectivity index (χ3n) is 3.10. The van der Waals surface area contributed by atoms with Crippen LogP contribution in [0.15, 0.2) is 12.1 Å². The zero-order valence-electron chi connectivity index (χ0n) is 11.1. The molecule has 7 nitrogen and oxygen atoms in total. The van der Waals surface area contributed by atoms with Gasteiger partial charge in [-0.05, 0) is 18.6 Å². The van der Waals surface area contributed by atoms with Crippen LogP contribution in [0.3, 0.4) is 0 Å². The summed E-state index contributed by atoms with van der Waals surface area (Å²) in [6.45, 7) is 1.34. The zero-order valence-corrected chi connectivity index (χ0v) is 11.1. The highest BCUT2D eigenvalue weighted by atomic mass is 16.2. The Balaban J connectivity index is 2.11. The van der Waals surface area contributed by atoms with Gasteiger partial charge in [-0.25, -0.2) is 0 Å². The predicted octanol–water partition coefficient (Wildman–Crippen LogP) is -0.177. The third-order valence-corrected chi connectivity index (χ3v) is 3.10. The van der Waals surface area contributed by atoms with E-state index in [2.05, 4.69) is 15.5 Å². The molecule has 19 heavy (non-hydrogen) atoms. The Morgan fingerprint density at radius 3 is 2.74 bits per heavy atom. The van der Waals surface area contributed by atoms with Crippen molar-refractivity contribution in [2.75, 3.05) is 39.0 Å². The largest absolute Gasteiger partial charge is 0.372 e. The average molecular weight is 263 g/mol. The maximum atomic E-state index is 12.2. The van der Waals surface area contributed by atoms with Crippen molar-refractivity contribution in [3.8, 4) is 0 Å². The molecule has 0 radical (unpaired) electrons. The second-order valence-electron chi connectivity index (χ2n) is 4.45. The molecule has 0 atom stereocenters. The summed E-state index contributed by atoms with van der Waals surface area (Å²) in [5.41, 5.74) is 0.261. The molecular formula is C12H17N5O2. The summed E-state index contributed by atoms with van der Waals surface area (Å²) in [5, 5.41) is 10.6. The lowest BCUT2D eigenvalue weighted by atomic mass is 10.3. The monoisotopic (exact) mass is 263 g/mol. The van der Waals surface area contributed by atoms with E-state index < -0.39 is 0 Å².